The summed E-state index contributed by atoms with van der Waals surface area (Å²) >= 11 is 6.12. The lowest BCUT2D eigenvalue weighted by Gasteiger charge is -2.11. The lowest BCUT2D eigenvalue weighted by Crippen LogP contribution is -2.22. The molecule has 108 valence electrons. The van der Waals surface area contributed by atoms with E-state index in [9.17, 15) is 4.79 Å². The number of nitrogens with zero attached hydrogens (tertiary/aromatic N) is 2. The first-order valence-electron chi connectivity index (χ1n) is 6.92. The third kappa shape index (κ3) is 2.83. The predicted octanol–water partition coefficient (Wildman–Crippen LogP) is 4.37. The minimum absolute atomic E-state index is 0.140. The molecule has 3 aromatic rings. The molecule has 0 amide bonds. The Labute approximate surface area is 128 Å². The smallest absolute Gasteiger partial charge is 0.267 e. The van der Waals surface area contributed by atoms with Crippen LogP contribution < -0.4 is 5.56 Å². The molecule has 1 aromatic heterocycles. The molecule has 0 aliphatic heterocycles. The normalized spacial score (nSPS) is 10.1. The molecule has 21 heavy (non-hydrogen) atoms. The van der Waals surface area contributed by atoms with Crippen LogP contribution in [0.15, 0.2) is 53.3 Å². The predicted molar refractivity (Wildman–Crippen MR) is 88.4 cm³/mol. The Morgan fingerprint density at radius 2 is 1.67 bits per heavy atom. The third-order valence-electron chi connectivity index (χ3n) is 3.03. The number of hydrogen-bond acceptors (Lipinski definition) is 2. The molecule has 0 fully saturated rings. The molecule has 2 aromatic carbocycles. The van der Waals surface area contributed by atoms with Gasteiger partial charge in [0, 0.05) is 0 Å². The fraction of sp³-hybridized carbons (Fsp3) is 0.176. The summed E-state index contributed by atoms with van der Waals surface area (Å²) in [6.45, 7) is 5.81. The summed E-state index contributed by atoms with van der Waals surface area (Å²) in [7, 11) is 0. The summed E-state index contributed by atoms with van der Waals surface area (Å²) in [6.07, 6.45) is 0. The van der Waals surface area contributed by atoms with Gasteiger partial charge < -0.3 is 0 Å². The minimum Gasteiger partial charge on any atom is -0.268 e. The van der Waals surface area contributed by atoms with Crippen molar-refractivity contribution in [2.24, 2.45) is 0 Å². The van der Waals surface area contributed by atoms with Gasteiger partial charge in [0.25, 0.3) is 5.56 Å². The fourth-order valence-electron chi connectivity index (χ4n) is 2.18. The van der Waals surface area contributed by atoms with Gasteiger partial charge in [-0.15, -0.1) is 0 Å². The van der Waals surface area contributed by atoms with Crippen LogP contribution in [0.25, 0.3) is 16.6 Å². The first-order valence-corrected chi connectivity index (χ1v) is 7.29. The van der Waals surface area contributed by atoms with Gasteiger partial charge in [0.2, 0.25) is 0 Å². The lowest BCUT2D eigenvalue weighted by molar-refractivity contribution is 0.895. The van der Waals surface area contributed by atoms with E-state index < -0.39 is 0 Å². The topological polar surface area (TPSA) is 34.9 Å². The number of aromatic nitrogens is 2. The number of para-hydroxylation sites is 1. The van der Waals surface area contributed by atoms with E-state index in [-0.39, 0.29) is 5.56 Å². The highest BCUT2D eigenvalue weighted by molar-refractivity contribution is 6.35. The molecule has 0 saturated heterocycles. The molecule has 0 bridgehead atoms. The van der Waals surface area contributed by atoms with Gasteiger partial charge in [-0.05, 0) is 31.2 Å². The standard InChI is InChI=1S/C15H11ClN2O.C2H6/c1-10-17-13-9-5-8-12(16)14(13)15(19)18(10)11-6-3-2-4-7-11;1-2/h2-9H,1H3;1-2H3. The van der Waals surface area contributed by atoms with E-state index in [0.717, 1.165) is 5.69 Å². The van der Waals surface area contributed by atoms with Crippen molar-refractivity contribution in [3.05, 3.63) is 69.7 Å². The van der Waals surface area contributed by atoms with Gasteiger partial charge in [0.1, 0.15) is 5.82 Å². The van der Waals surface area contributed by atoms with Crippen LogP contribution in [0.4, 0.5) is 0 Å². The number of fused-ring (bicyclic) bond motifs is 1. The quantitative estimate of drug-likeness (QED) is 0.668. The summed E-state index contributed by atoms with van der Waals surface area (Å²) in [5.41, 5.74) is 1.28. The van der Waals surface area contributed by atoms with Crippen molar-refractivity contribution < 1.29 is 0 Å². The average molecular weight is 301 g/mol. The molecule has 1 heterocycles. The molecule has 3 nitrogen and oxygen atoms in total. The van der Waals surface area contributed by atoms with Crippen molar-refractivity contribution in [3.63, 3.8) is 0 Å². The van der Waals surface area contributed by atoms with Crippen molar-refractivity contribution in [2.45, 2.75) is 20.8 Å². The second-order valence-electron chi connectivity index (χ2n) is 4.27. The Balaban J connectivity index is 0.000000774. The van der Waals surface area contributed by atoms with E-state index >= 15 is 0 Å². The van der Waals surface area contributed by atoms with Gasteiger partial charge in [-0.1, -0.05) is 49.7 Å². The largest absolute Gasteiger partial charge is 0.268 e. The summed E-state index contributed by atoms with van der Waals surface area (Å²) < 4.78 is 1.58. The van der Waals surface area contributed by atoms with Crippen LogP contribution in [0, 0.1) is 6.92 Å². The monoisotopic (exact) mass is 300 g/mol. The SMILES string of the molecule is CC.Cc1nc2cccc(Cl)c2c(=O)n1-c1ccccc1. The minimum atomic E-state index is -0.140. The number of aryl methyl sites for hydroxylation is 1. The van der Waals surface area contributed by atoms with E-state index in [1.165, 1.54) is 0 Å². The van der Waals surface area contributed by atoms with E-state index in [1.807, 2.05) is 51.1 Å². The van der Waals surface area contributed by atoms with E-state index in [0.29, 0.717) is 21.7 Å². The summed E-state index contributed by atoms with van der Waals surface area (Å²) in [6, 6.07) is 14.7. The fourth-order valence-corrected chi connectivity index (χ4v) is 2.43. The van der Waals surface area contributed by atoms with Crippen molar-refractivity contribution in [2.75, 3.05) is 0 Å². The first kappa shape index (κ1) is 15.3. The van der Waals surface area contributed by atoms with Gasteiger partial charge in [0.15, 0.2) is 0 Å². The molecule has 0 atom stereocenters. The zero-order valence-electron chi connectivity index (χ0n) is 12.3. The molecule has 0 aliphatic rings. The number of hydrogen-bond donors (Lipinski definition) is 0. The van der Waals surface area contributed by atoms with Crippen LogP contribution >= 0.6 is 11.6 Å². The van der Waals surface area contributed by atoms with Gasteiger partial charge in [-0.3, -0.25) is 9.36 Å². The Bertz CT molecular complexity index is 810. The number of rotatable bonds is 1. The van der Waals surface area contributed by atoms with Crippen molar-refractivity contribution >= 4 is 22.5 Å². The summed E-state index contributed by atoms with van der Waals surface area (Å²) in [4.78, 5) is 17.1. The molecule has 0 spiro atoms. The van der Waals surface area contributed by atoms with E-state index in [2.05, 4.69) is 4.98 Å². The van der Waals surface area contributed by atoms with Crippen LogP contribution in [0.1, 0.15) is 19.7 Å². The van der Waals surface area contributed by atoms with E-state index in [4.69, 9.17) is 11.6 Å². The molecule has 0 radical (unpaired) electrons. The maximum atomic E-state index is 12.6. The highest BCUT2D eigenvalue weighted by Gasteiger charge is 2.11. The maximum absolute atomic E-state index is 12.6. The maximum Gasteiger partial charge on any atom is 0.267 e. The Hall–Kier alpha value is -2.13. The summed E-state index contributed by atoms with van der Waals surface area (Å²) in [5.74, 6) is 0.644. The second-order valence-corrected chi connectivity index (χ2v) is 4.68. The van der Waals surface area contributed by atoms with Gasteiger partial charge >= 0.3 is 0 Å². The number of halogens is 1. The zero-order chi connectivity index (χ0) is 15.4. The lowest BCUT2D eigenvalue weighted by atomic mass is 10.2. The molecule has 0 aliphatic carbocycles. The molecular weight excluding hydrogens is 284 g/mol. The molecule has 3 rings (SSSR count). The van der Waals surface area contributed by atoms with Crippen LogP contribution in [0.2, 0.25) is 5.02 Å². The Morgan fingerprint density at radius 3 is 2.33 bits per heavy atom. The van der Waals surface area contributed by atoms with Gasteiger partial charge in [-0.2, -0.15) is 0 Å². The van der Waals surface area contributed by atoms with Crippen LogP contribution in [0.5, 0.6) is 0 Å². The average Bonchev–Trinajstić information content (AvgIpc) is 2.50. The van der Waals surface area contributed by atoms with Crippen molar-refractivity contribution in [3.8, 4) is 5.69 Å². The Morgan fingerprint density at radius 1 is 1.00 bits per heavy atom. The first-order chi connectivity index (χ1) is 10.2. The van der Waals surface area contributed by atoms with E-state index in [1.54, 1.807) is 22.8 Å². The third-order valence-corrected chi connectivity index (χ3v) is 3.34. The summed E-state index contributed by atoms with van der Waals surface area (Å²) in [5, 5.41) is 0.887. The number of benzene rings is 2. The Kier molecular flexibility index (Phi) is 4.76. The highest BCUT2D eigenvalue weighted by Crippen LogP contribution is 2.19. The molecular formula is C17H17ClN2O. The van der Waals surface area contributed by atoms with Crippen molar-refractivity contribution in [1.29, 1.82) is 0 Å². The van der Waals surface area contributed by atoms with Crippen LogP contribution in [0.3, 0.4) is 0 Å². The van der Waals surface area contributed by atoms with Crippen molar-refractivity contribution in [1.82, 2.24) is 9.55 Å². The van der Waals surface area contributed by atoms with Gasteiger partial charge in [-0.25, -0.2) is 4.98 Å². The van der Waals surface area contributed by atoms with Crippen LogP contribution in [-0.2, 0) is 0 Å². The molecule has 0 unspecified atom stereocenters. The molecule has 4 heteroatoms. The second kappa shape index (κ2) is 6.55. The van der Waals surface area contributed by atoms with Crippen LogP contribution in [-0.4, -0.2) is 9.55 Å². The van der Waals surface area contributed by atoms with Gasteiger partial charge in [0.05, 0.1) is 21.6 Å². The molecule has 0 saturated carbocycles. The zero-order valence-corrected chi connectivity index (χ0v) is 13.1. The molecule has 0 N–H and O–H groups in total. The highest BCUT2D eigenvalue weighted by atomic mass is 35.5.